The molecule has 2 N–H and O–H groups in total. The van der Waals surface area contributed by atoms with E-state index in [2.05, 4.69) is 0 Å². The highest BCUT2D eigenvalue weighted by Gasteiger charge is 2.44. The maximum absolute atomic E-state index is 14.3. The standard InChI is InChI=1S/C23H28F4O5/c24-15-5-7-18(25)21(10-15)32-13-23(26,27)9-8-16-17-6-4-14(2-1-3-22(29)30)12-31-20(17)11-19(16)28/h5,7-10,14,16-17,19-20,28H,1-4,6,11-13H2,(H,29,30)/b9-8+/t14-,16+,17+,19+,20-/m0/s1. The maximum Gasteiger partial charge on any atom is 0.303 e. The maximum atomic E-state index is 14.3. The van der Waals surface area contributed by atoms with E-state index in [1.54, 1.807) is 0 Å². The van der Waals surface area contributed by atoms with Gasteiger partial charge in [-0.15, -0.1) is 0 Å². The molecular weight excluding hydrogens is 432 g/mol. The van der Waals surface area contributed by atoms with E-state index in [4.69, 9.17) is 14.6 Å². The van der Waals surface area contributed by atoms with Gasteiger partial charge in [-0.2, -0.15) is 8.78 Å². The van der Waals surface area contributed by atoms with Gasteiger partial charge in [0.1, 0.15) is 5.82 Å². The number of aliphatic carboxylic acids is 1. The summed E-state index contributed by atoms with van der Waals surface area (Å²) in [5.41, 5.74) is 0. The minimum atomic E-state index is -3.44. The molecule has 0 aromatic heterocycles. The van der Waals surface area contributed by atoms with Crippen LogP contribution >= 0.6 is 0 Å². The van der Waals surface area contributed by atoms with Crippen LogP contribution in [0, 0.1) is 29.4 Å². The smallest absolute Gasteiger partial charge is 0.303 e. The molecule has 9 heteroatoms. The van der Waals surface area contributed by atoms with Crippen molar-refractivity contribution in [2.75, 3.05) is 13.2 Å². The molecule has 1 aliphatic carbocycles. The first-order valence-corrected chi connectivity index (χ1v) is 10.8. The molecule has 32 heavy (non-hydrogen) atoms. The van der Waals surface area contributed by atoms with E-state index in [0.29, 0.717) is 38.0 Å². The fourth-order valence-electron chi connectivity index (χ4n) is 4.55. The Hall–Kier alpha value is -2.13. The highest BCUT2D eigenvalue weighted by atomic mass is 19.3. The van der Waals surface area contributed by atoms with Crippen molar-refractivity contribution < 1.29 is 42.0 Å². The summed E-state index contributed by atoms with van der Waals surface area (Å²) < 4.78 is 66.1. The van der Waals surface area contributed by atoms with Gasteiger partial charge in [0, 0.05) is 31.4 Å². The van der Waals surface area contributed by atoms with Gasteiger partial charge in [-0.25, -0.2) is 8.78 Å². The van der Waals surface area contributed by atoms with Gasteiger partial charge in [0.25, 0.3) is 5.92 Å². The summed E-state index contributed by atoms with van der Waals surface area (Å²) in [6.45, 7) is -0.698. The Bertz CT molecular complexity index is 816. The summed E-state index contributed by atoms with van der Waals surface area (Å²) in [7, 11) is 0. The summed E-state index contributed by atoms with van der Waals surface area (Å²) in [6.07, 6.45) is 4.05. The summed E-state index contributed by atoms with van der Waals surface area (Å²) in [4.78, 5) is 10.7. The predicted octanol–water partition coefficient (Wildman–Crippen LogP) is 4.58. The first kappa shape index (κ1) is 24.5. The molecule has 1 aromatic rings. The van der Waals surface area contributed by atoms with E-state index < -0.39 is 47.9 Å². The summed E-state index contributed by atoms with van der Waals surface area (Å²) >= 11 is 0. The molecule has 178 valence electrons. The minimum absolute atomic E-state index is 0.101. The van der Waals surface area contributed by atoms with E-state index in [0.717, 1.165) is 25.0 Å². The molecule has 0 bridgehead atoms. The molecule has 1 heterocycles. The Balaban J connectivity index is 1.56. The molecule has 3 rings (SSSR count). The van der Waals surface area contributed by atoms with Crippen molar-refractivity contribution in [1.29, 1.82) is 0 Å². The van der Waals surface area contributed by atoms with Gasteiger partial charge in [0.2, 0.25) is 0 Å². The number of hydrogen-bond acceptors (Lipinski definition) is 4. The zero-order valence-corrected chi connectivity index (χ0v) is 17.6. The minimum Gasteiger partial charge on any atom is -0.484 e. The number of fused-ring (bicyclic) bond motifs is 1. The van der Waals surface area contributed by atoms with Crippen LogP contribution in [-0.4, -0.2) is 47.5 Å². The van der Waals surface area contributed by atoms with E-state index in [-0.39, 0.29) is 24.4 Å². The number of rotatable bonds is 9. The van der Waals surface area contributed by atoms with Crippen LogP contribution in [-0.2, 0) is 9.53 Å². The summed E-state index contributed by atoms with van der Waals surface area (Å²) in [6, 6.07) is 2.37. The summed E-state index contributed by atoms with van der Waals surface area (Å²) in [5, 5.41) is 19.2. The number of benzene rings is 1. The third-order valence-corrected chi connectivity index (χ3v) is 6.22. The molecule has 5 atom stereocenters. The zero-order chi connectivity index (χ0) is 23.3. The predicted molar refractivity (Wildman–Crippen MR) is 107 cm³/mol. The fraction of sp³-hybridized carbons (Fsp3) is 0.609. The molecule has 1 aromatic carbocycles. The van der Waals surface area contributed by atoms with Crippen LogP contribution in [0.15, 0.2) is 30.4 Å². The van der Waals surface area contributed by atoms with Crippen molar-refractivity contribution in [1.82, 2.24) is 0 Å². The van der Waals surface area contributed by atoms with Crippen LogP contribution in [0.5, 0.6) is 5.75 Å². The summed E-state index contributed by atoms with van der Waals surface area (Å²) in [5.74, 6) is -7.04. The lowest BCUT2D eigenvalue weighted by atomic mass is 9.86. The van der Waals surface area contributed by atoms with Crippen LogP contribution in [0.1, 0.15) is 38.5 Å². The van der Waals surface area contributed by atoms with Gasteiger partial charge in [-0.05, 0) is 55.7 Å². The molecule has 0 spiro atoms. The van der Waals surface area contributed by atoms with Crippen molar-refractivity contribution >= 4 is 5.97 Å². The van der Waals surface area contributed by atoms with E-state index in [1.165, 1.54) is 6.08 Å². The lowest BCUT2D eigenvalue weighted by Crippen LogP contribution is -2.25. The molecule has 0 radical (unpaired) electrons. The Morgan fingerprint density at radius 3 is 2.81 bits per heavy atom. The number of halogens is 4. The molecule has 1 saturated carbocycles. The highest BCUT2D eigenvalue weighted by molar-refractivity contribution is 5.66. The topological polar surface area (TPSA) is 76.0 Å². The van der Waals surface area contributed by atoms with Crippen LogP contribution in [0.4, 0.5) is 17.6 Å². The van der Waals surface area contributed by atoms with Crippen LogP contribution in [0.2, 0.25) is 0 Å². The van der Waals surface area contributed by atoms with Crippen LogP contribution in [0.3, 0.4) is 0 Å². The van der Waals surface area contributed by atoms with Gasteiger partial charge in [-0.1, -0.05) is 6.08 Å². The number of ether oxygens (including phenoxy) is 2. The second kappa shape index (κ2) is 10.7. The molecule has 1 saturated heterocycles. The largest absolute Gasteiger partial charge is 0.484 e. The number of carboxylic acid groups (broad SMARTS) is 1. The number of hydrogen-bond donors (Lipinski definition) is 2. The average molecular weight is 460 g/mol. The lowest BCUT2D eigenvalue weighted by Gasteiger charge is -2.21. The van der Waals surface area contributed by atoms with Gasteiger partial charge >= 0.3 is 5.97 Å². The number of aliphatic hydroxyl groups is 1. The Kier molecular flexibility index (Phi) is 8.16. The Labute approximate surface area is 184 Å². The second-order valence-electron chi connectivity index (χ2n) is 8.63. The number of carbonyl (C=O) groups is 1. The van der Waals surface area contributed by atoms with Crippen molar-refractivity contribution in [3.05, 3.63) is 42.0 Å². The van der Waals surface area contributed by atoms with Gasteiger partial charge < -0.3 is 19.7 Å². The SMILES string of the molecule is O=C(O)CCC[C@H]1CC[C@@H]2[C@@H](/C=C/C(F)(F)COc3cc(F)ccc3F)[C@H](O)C[C@@H]2OC1. The van der Waals surface area contributed by atoms with Crippen molar-refractivity contribution in [2.45, 2.75) is 56.7 Å². The monoisotopic (exact) mass is 460 g/mol. The lowest BCUT2D eigenvalue weighted by molar-refractivity contribution is -0.137. The van der Waals surface area contributed by atoms with Gasteiger partial charge in [-0.3, -0.25) is 4.79 Å². The molecule has 0 amide bonds. The van der Waals surface area contributed by atoms with Crippen molar-refractivity contribution in [3.63, 3.8) is 0 Å². The second-order valence-corrected chi connectivity index (χ2v) is 8.63. The average Bonchev–Trinajstić information content (AvgIpc) is 2.89. The molecule has 1 aliphatic heterocycles. The molecule has 0 unspecified atom stereocenters. The van der Waals surface area contributed by atoms with Crippen LogP contribution < -0.4 is 4.74 Å². The molecular formula is C23H28F4O5. The first-order chi connectivity index (χ1) is 15.1. The zero-order valence-electron chi connectivity index (χ0n) is 17.6. The number of aliphatic hydroxyl groups excluding tert-OH is 1. The van der Waals surface area contributed by atoms with Crippen LogP contribution in [0.25, 0.3) is 0 Å². The normalized spacial score (nSPS) is 28.5. The quantitative estimate of drug-likeness (QED) is 0.417. The number of alkyl halides is 2. The number of carboxylic acids is 1. The van der Waals surface area contributed by atoms with E-state index >= 15 is 0 Å². The third kappa shape index (κ3) is 6.68. The van der Waals surface area contributed by atoms with Crippen molar-refractivity contribution in [2.24, 2.45) is 17.8 Å². The van der Waals surface area contributed by atoms with Gasteiger partial charge in [0.15, 0.2) is 18.2 Å². The molecule has 5 nitrogen and oxygen atoms in total. The fourth-order valence-corrected chi connectivity index (χ4v) is 4.55. The molecule has 2 fully saturated rings. The first-order valence-electron chi connectivity index (χ1n) is 10.8. The van der Waals surface area contributed by atoms with E-state index in [9.17, 15) is 27.5 Å². The van der Waals surface area contributed by atoms with Crippen molar-refractivity contribution in [3.8, 4) is 5.75 Å². The molecule has 2 aliphatic rings. The Morgan fingerprint density at radius 1 is 1.28 bits per heavy atom. The Morgan fingerprint density at radius 2 is 2.06 bits per heavy atom. The van der Waals surface area contributed by atoms with E-state index in [1.807, 2.05) is 0 Å². The van der Waals surface area contributed by atoms with Gasteiger partial charge in [0.05, 0.1) is 12.2 Å². The highest BCUT2D eigenvalue weighted by Crippen LogP contribution is 2.42. The third-order valence-electron chi connectivity index (χ3n) is 6.22.